The van der Waals surface area contributed by atoms with Gasteiger partial charge < -0.3 is 9.47 Å². The maximum atomic E-state index is 14.0. The minimum atomic E-state index is -4.94. The van der Waals surface area contributed by atoms with E-state index in [1.807, 2.05) is 20.8 Å². The van der Waals surface area contributed by atoms with Gasteiger partial charge in [0.25, 0.3) is 5.60 Å². The van der Waals surface area contributed by atoms with Gasteiger partial charge in [0.1, 0.15) is 6.10 Å². The number of esters is 1. The Kier molecular flexibility index (Phi) is 6.37. The fraction of sp³-hybridized carbons (Fsp3) is 0.650. The molecule has 0 N–H and O–H groups in total. The van der Waals surface area contributed by atoms with Crippen molar-refractivity contribution in [3.63, 3.8) is 0 Å². The Labute approximate surface area is 152 Å². The second-order valence-corrected chi connectivity index (χ2v) is 7.52. The molecule has 1 aromatic rings. The van der Waals surface area contributed by atoms with Gasteiger partial charge in [0.15, 0.2) is 0 Å². The normalized spacial score (nSPS) is 26.4. The van der Waals surface area contributed by atoms with Gasteiger partial charge in [0.2, 0.25) is 0 Å². The first-order chi connectivity index (χ1) is 12.1. The predicted molar refractivity (Wildman–Crippen MR) is 92.4 cm³/mol. The lowest BCUT2D eigenvalue weighted by Gasteiger charge is -2.39. The number of carbonyl (C=O) groups excluding carboxylic acids is 1. The Bertz CT molecular complexity index is 600. The number of hydrogen-bond acceptors (Lipinski definition) is 3. The smallest absolute Gasteiger partial charge is 0.432 e. The SMILES string of the molecule is CO[C@@](C(=O)O[C@H]1C[C@H](C)CC[C@H]1C(C)C)(c1ccccc1)C(F)(F)F. The van der Waals surface area contributed by atoms with Gasteiger partial charge >= 0.3 is 12.1 Å². The quantitative estimate of drug-likeness (QED) is 0.675. The second kappa shape index (κ2) is 7.99. The fourth-order valence-corrected chi connectivity index (χ4v) is 3.86. The first kappa shape index (κ1) is 20.7. The molecule has 1 aliphatic rings. The Morgan fingerprint density at radius 1 is 1.15 bits per heavy atom. The van der Waals surface area contributed by atoms with Crippen molar-refractivity contribution in [2.24, 2.45) is 17.8 Å². The summed E-state index contributed by atoms with van der Waals surface area (Å²) in [5, 5.41) is 0. The molecule has 0 heterocycles. The van der Waals surface area contributed by atoms with Crippen LogP contribution in [-0.4, -0.2) is 25.4 Å². The predicted octanol–water partition coefficient (Wildman–Crippen LogP) is 5.09. The van der Waals surface area contributed by atoms with E-state index in [4.69, 9.17) is 9.47 Å². The number of benzene rings is 1. The number of rotatable bonds is 5. The minimum Gasteiger partial charge on any atom is -0.459 e. The molecule has 0 saturated heterocycles. The number of alkyl halides is 3. The third-order valence-electron chi connectivity index (χ3n) is 5.39. The molecule has 6 heteroatoms. The topological polar surface area (TPSA) is 35.5 Å². The highest BCUT2D eigenvalue weighted by atomic mass is 19.4. The van der Waals surface area contributed by atoms with Crippen LogP contribution in [0.1, 0.15) is 45.6 Å². The van der Waals surface area contributed by atoms with Gasteiger partial charge in [-0.2, -0.15) is 13.2 Å². The Hall–Kier alpha value is -1.56. The number of methoxy groups -OCH3 is 1. The average molecular weight is 372 g/mol. The molecule has 1 aliphatic carbocycles. The van der Waals surface area contributed by atoms with Crippen molar-refractivity contribution >= 4 is 5.97 Å². The molecule has 0 aromatic heterocycles. The summed E-state index contributed by atoms with van der Waals surface area (Å²) < 4.78 is 52.2. The molecule has 0 radical (unpaired) electrons. The highest BCUT2D eigenvalue weighted by molar-refractivity contribution is 5.82. The van der Waals surface area contributed by atoms with Gasteiger partial charge in [-0.15, -0.1) is 0 Å². The van der Waals surface area contributed by atoms with Crippen LogP contribution in [0, 0.1) is 17.8 Å². The van der Waals surface area contributed by atoms with Gasteiger partial charge in [-0.05, 0) is 30.6 Å². The van der Waals surface area contributed by atoms with Gasteiger partial charge in [-0.3, -0.25) is 0 Å². The molecule has 0 unspecified atom stereocenters. The van der Waals surface area contributed by atoms with Crippen molar-refractivity contribution in [3.05, 3.63) is 35.9 Å². The van der Waals surface area contributed by atoms with Gasteiger partial charge in [-0.25, -0.2) is 4.79 Å². The second-order valence-electron chi connectivity index (χ2n) is 7.52. The molecule has 1 saturated carbocycles. The zero-order valence-corrected chi connectivity index (χ0v) is 15.7. The maximum Gasteiger partial charge on any atom is 0.432 e. The van der Waals surface area contributed by atoms with Crippen LogP contribution in [0.5, 0.6) is 0 Å². The zero-order chi connectivity index (χ0) is 19.5. The first-order valence-electron chi connectivity index (χ1n) is 9.02. The third kappa shape index (κ3) is 3.90. The highest BCUT2D eigenvalue weighted by Crippen LogP contribution is 2.44. The Morgan fingerprint density at radius 2 is 1.77 bits per heavy atom. The van der Waals surface area contributed by atoms with Crippen LogP contribution in [-0.2, 0) is 19.9 Å². The summed E-state index contributed by atoms with van der Waals surface area (Å²) >= 11 is 0. The average Bonchev–Trinajstić information content (AvgIpc) is 2.55. The number of hydrogen-bond donors (Lipinski definition) is 0. The lowest BCUT2D eigenvalue weighted by atomic mass is 9.75. The lowest BCUT2D eigenvalue weighted by molar-refractivity contribution is -0.279. The van der Waals surface area contributed by atoms with Crippen molar-refractivity contribution in [1.29, 1.82) is 0 Å². The summed E-state index contributed by atoms with van der Waals surface area (Å²) in [4.78, 5) is 12.8. The summed E-state index contributed by atoms with van der Waals surface area (Å²) in [6, 6.07) is 6.95. The molecule has 26 heavy (non-hydrogen) atoms. The summed E-state index contributed by atoms with van der Waals surface area (Å²) in [6.45, 7) is 6.04. The molecular formula is C20H27F3O3. The van der Waals surface area contributed by atoms with Gasteiger partial charge in [0.05, 0.1) is 0 Å². The van der Waals surface area contributed by atoms with E-state index in [-0.39, 0.29) is 17.4 Å². The van der Waals surface area contributed by atoms with Crippen molar-refractivity contribution in [2.45, 2.75) is 57.9 Å². The van der Waals surface area contributed by atoms with Crippen molar-refractivity contribution in [3.8, 4) is 0 Å². The molecule has 4 atom stereocenters. The first-order valence-corrected chi connectivity index (χ1v) is 9.02. The fourth-order valence-electron chi connectivity index (χ4n) is 3.86. The number of halogens is 3. The summed E-state index contributed by atoms with van der Waals surface area (Å²) in [7, 11) is 0.894. The van der Waals surface area contributed by atoms with Crippen LogP contribution in [0.25, 0.3) is 0 Å². The van der Waals surface area contributed by atoms with E-state index in [9.17, 15) is 18.0 Å². The minimum absolute atomic E-state index is 0.0497. The monoisotopic (exact) mass is 372 g/mol. The Balaban J connectivity index is 2.38. The van der Waals surface area contributed by atoms with Gasteiger partial charge in [-0.1, -0.05) is 57.5 Å². The van der Waals surface area contributed by atoms with E-state index in [1.54, 1.807) is 6.07 Å². The van der Waals surface area contributed by atoms with E-state index in [0.717, 1.165) is 20.0 Å². The molecule has 0 amide bonds. The summed E-state index contributed by atoms with van der Waals surface area (Å²) in [5.74, 6) is -0.806. The maximum absolute atomic E-state index is 14.0. The number of carbonyl (C=O) groups is 1. The van der Waals surface area contributed by atoms with Crippen molar-refractivity contribution < 1.29 is 27.4 Å². The van der Waals surface area contributed by atoms with Crippen LogP contribution in [0.2, 0.25) is 0 Å². The molecule has 0 bridgehead atoms. The van der Waals surface area contributed by atoms with Crippen molar-refractivity contribution in [2.75, 3.05) is 7.11 Å². The van der Waals surface area contributed by atoms with E-state index in [1.165, 1.54) is 24.3 Å². The van der Waals surface area contributed by atoms with Crippen LogP contribution in [0.4, 0.5) is 13.2 Å². The van der Waals surface area contributed by atoms with Crippen LogP contribution in [0.3, 0.4) is 0 Å². The largest absolute Gasteiger partial charge is 0.459 e. The molecule has 2 rings (SSSR count). The molecular weight excluding hydrogens is 345 g/mol. The van der Waals surface area contributed by atoms with E-state index >= 15 is 0 Å². The molecule has 0 spiro atoms. The molecule has 146 valence electrons. The van der Waals surface area contributed by atoms with E-state index in [2.05, 4.69) is 0 Å². The molecule has 3 nitrogen and oxygen atoms in total. The molecule has 1 fully saturated rings. The lowest BCUT2D eigenvalue weighted by Crippen LogP contribution is -2.53. The van der Waals surface area contributed by atoms with Gasteiger partial charge in [0, 0.05) is 12.7 Å². The summed E-state index contributed by atoms with van der Waals surface area (Å²) in [5.41, 5.74) is -3.39. The van der Waals surface area contributed by atoms with Crippen LogP contribution >= 0.6 is 0 Å². The summed E-state index contributed by atoms with van der Waals surface area (Å²) in [6.07, 6.45) is -3.07. The molecule has 1 aromatic carbocycles. The number of ether oxygens (including phenoxy) is 2. The highest BCUT2D eigenvalue weighted by Gasteiger charge is 2.64. The molecule has 0 aliphatic heterocycles. The van der Waals surface area contributed by atoms with E-state index in [0.29, 0.717) is 12.3 Å². The Morgan fingerprint density at radius 3 is 2.27 bits per heavy atom. The van der Waals surface area contributed by atoms with Crippen LogP contribution in [0.15, 0.2) is 30.3 Å². The standard InChI is InChI=1S/C20H27F3O3/c1-13(2)16-11-10-14(3)12-17(16)26-18(24)19(25-4,20(21,22)23)15-8-6-5-7-9-15/h5-9,13-14,16-17H,10-12H2,1-4H3/t14-,16+,17+,19-/m1/s1. The van der Waals surface area contributed by atoms with Crippen molar-refractivity contribution in [1.82, 2.24) is 0 Å². The third-order valence-corrected chi connectivity index (χ3v) is 5.39. The van der Waals surface area contributed by atoms with Crippen LogP contribution < -0.4 is 0 Å². The van der Waals surface area contributed by atoms with E-state index < -0.39 is 23.9 Å². The zero-order valence-electron chi connectivity index (χ0n) is 15.7.